The zero-order chi connectivity index (χ0) is 15.5. The van der Waals surface area contributed by atoms with Crippen LogP contribution in [0.3, 0.4) is 0 Å². The lowest BCUT2D eigenvalue weighted by Crippen LogP contribution is -1.99. The Bertz CT molecular complexity index is 844. The van der Waals surface area contributed by atoms with Gasteiger partial charge in [-0.3, -0.25) is 0 Å². The van der Waals surface area contributed by atoms with E-state index in [0.717, 1.165) is 11.1 Å². The normalized spacial score (nSPS) is 10.2. The van der Waals surface area contributed by atoms with Crippen molar-refractivity contribution in [2.45, 2.75) is 13.8 Å². The molecule has 0 aliphatic heterocycles. The Kier molecular flexibility index (Phi) is 3.63. The van der Waals surface area contributed by atoms with Gasteiger partial charge in [-0.05, 0) is 38.1 Å². The molecule has 0 spiro atoms. The van der Waals surface area contributed by atoms with Gasteiger partial charge < -0.3 is 0 Å². The molecule has 0 aliphatic rings. The number of aryl methyl sites for hydroxylation is 2. The van der Waals surface area contributed by atoms with E-state index in [1.807, 2.05) is 50.2 Å². The minimum absolute atomic E-state index is 0.618. The molecule has 0 fully saturated rings. The second-order valence-electron chi connectivity index (χ2n) is 5.09. The molecule has 0 amide bonds. The lowest BCUT2D eigenvalue weighted by atomic mass is 10.1. The molecule has 4 heteroatoms. The van der Waals surface area contributed by atoms with E-state index in [9.17, 15) is 0 Å². The van der Waals surface area contributed by atoms with Gasteiger partial charge in [-0.1, -0.05) is 29.8 Å². The van der Waals surface area contributed by atoms with E-state index in [-0.39, 0.29) is 0 Å². The van der Waals surface area contributed by atoms with Gasteiger partial charge in [0.25, 0.3) is 0 Å². The highest BCUT2D eigenvalue weighted by atomic mass is 15.0. The Hall–Kier alpha value is -3.06. The van der Waals surface area contributed by atoms with E-state index in [4.69, 9.17) is 5.26 Å². The highest BCUT2D eigenvalue weighted by Gasteiger charge is 2.08. The first-order valence-electron chi connectivity index (χ1n) is 6.96. The second-order valence-corrected chi connectivity index (χ2v) is 5.09. The van der Waals surface area contributed by atoms with Crippen molar-refractivity contribution in [3.63, 3.8) is 0 Å². The minimum Gasteiger partial charge on any atom is -0.213 e. The Morgan fingerprint density at radius 2 is 1.23 bits per heavy atom. The summed E-state index contributed by atoms with van der Waals surface area (Å²) < 4.78 is 0. The first-order chi connectivity index (χ1) is 10.7. The highest BCUT2D eigenvalue weighted by Crippen LogP contribution is 2.20. The maximum Gasteiger partial charge on any atom is 0.163 e. The summed E-state index contributed by atoms with van der Waals surface area (Å²) >= 11 is 0. The fourth-order valence-corrected chi connectivity index (χ4v) is 2.14. The number of benzene rings is 2. The largest absolute Gasteiger partial charge is 0.213 e. The van der Waals surface area contributed by atoms with Crippen LogP contribution in [0.4, 0.5) is 0 Å². The number of nitriles is 1. The molecule has 0 bridgehead atoms. The van der Waals surface area contributed by atoms with Crippen molar-refractivity contribution in [2.24, 2.45) is 0 Å². The van der Waals surface area contributed by atoms with E-state index in [1.165, 1.54) is 5.56 Å². The fourth-order valence-electron chi connectivity index (χ4n) is 2.14. The van der Waals surface area contributed by atoms with E-state index in [0.29, 0.717) is 23.0 Å². The fraction of sp³-hybridized carbons (Fsp3) is 0.111. The summed E-state index contributed by atoms with van der Waals surface area (Å²) in [5.74, 6) is 1.95. The first kappa shape index (κ1) is 13.9. The molecule has 0 saturated carbocycles. The number of rotatable bonds is 2. The van der Waals surface area contributed by atoms with Gasteiger partial charge >= 0.3 is 0 Å². The zero-order valence-electron chi connectivity index (χ0n) is 12.4. The zero-order valence-corrected chi connectivity index (χ0v) is 12.4. The monoisotopic (exact) mass is 286 g/mol. The first-order valence-corrected chi connectivity index (χ1v) is 6.96. The number of hydrogen-bond acceptors (Lipinski definition) is 4. The average molecular weight is 286 g/mol. The van der Waals surface area contributed by atoms with Gasteiger partial charge in [0.05, 0.1) is 11.6 Å². The Balaban J connectivity index is 2.06. The molecule has 0 aliphatic carbocycles. The highest BCUT2D eigenvalue weighted by molar-refractivity contribution is 5.61. The van der Waals surface area contributed by atoms with Crippen molar-refractivity contribution in [1.29, 1.82) is 5.26 Å². The van der Waals surface area contributed by atoms with Gasteiger partial charge in [0.15, 0.2) is 11.6 Å². The predicted octanol–water partition coefficient (Wildman–Crippen LogP) is 3.69. The number of aromatic nitrogens is 3. The third-order valence-corrected chi connectivity index (χ3v) is 3.33. The van der Waals surface area contributed by atoms with Crippen LogP contribution >= 0.6 is 0 Å². The molecule has 0 saturated heterocycles. The Labute approximate surface area is 129 Å². The lowest BCUT2D eigenvalue weighted by molar-refractivity contribution is 0.991. The third kappa shape index (κ3) is 2.84. The molecule has 3 rings (SSSR count). The molecule has 106 valence electrons. The molecule has 0 unspecified atom stereocenters. The van der Waals surface area contributed by atoms with Crippen molar-refractivity contribution in [2.75, 3.05) is 0 Å². The molecular formula is C18H14N4. The van der Waals surface area contributed by atoms with Crippen LogP contribution in [0.1, 0.15) is 17.0 Å². The lowest BCUT2D eigenvalue weighted by Gasteiger charge is -2.06. The van der Waals surface area contributed by atoms with E-state index < -0.39 is 0 Å². The van der Waals surface area contributed by atoms with E-state index in [1.54, 1.807) is 12.1 Å². The van der Waals surface area contributed by atoms with Crippen molar-refractivity contribution in [3.8, 4) is 28.8 Å². The third-order valence-electron chi connectivity index (χ3n) is 3.33. The SMILES string of the molecule is Cc1ccc(-c2nc(C)nc(-c3ccc(C#N)cc3)n2)cc1. The molecule has 0 atom stereocenters. The van der Waals surface area contributed by atoms with Gasteiger partial charge in [-0.25, -0.2) is 15.0 Å². The minimum atomic E-state index is 0.618. The van der Waals surface area contributed by atoms with Crippen LogP contribution in [0, 0.1) is 25.2 Å². The summed E-state index contributed by atoms with van der Waals surface area (Å²) in [7, 11) is 0. The topological polar surface area (TPSA) is 62.5 Å². The molecule has 0 N–H and O–H groups in total. The van der Waals surface area contributed by atoms with Crippen molar-refractivity contribution >= 4 is 0 Å². The van der Waals surface area contributed by atoms with Gasteiger partial charge in [-0.2, -0.15) is 5.26 Å². The van der Waals surface area contributed by atoms with Crippen LogP contribution in [0.15, 0.2) is 48.5 Å². The summed E-state index contributed by atoms with van der Waals surface area (Å²) in [6, 6.07) is 17.4. The van der Waals surface area contributed by atoms with Crippen LogP contribution in [0.25, 0.3) is 22.8 Å². The predicted molar refractivity (Wildman–Crippen MR) is 84.9 cm³/mol. The van der Waals surface area contributed by atoms with Crippen LogP contribution in [-0.2, 0) is 0 Å². The second kappa shape index (κ2) is 5.74. The summed E-state index contributed by atoms with van der Waals surface area (Å²) in [6.07, 6.45) is 0. The van der Waals surface area contributed by atoms with E-state index in [2.05, 4.69) is 21.0 Å². The quantitative estimate of drug-likeness (QED) is 0.720. The van der Waals surface area contributed by atoms with Gasteiger partial charge in [0.2, 0.25) is 0 Å². The van der Waals surface area contributed by atoms with Crippen LogP contribution in [0.2, 0.25) is 0 Å². The maximum absolute atomic E-state index is 8.87. The molecular weight excluding hydrogens is 272 g/mol. The van der Waals surface area contributed by atoms with Gasteiger partial charge in [-0.15, -0.1) is 0 Å². The molecule has 1 heterocycles. The summed E-state index contributed by atoms with van der Waals surface area (Å²) in [4.78, 5) is 13.4. The van der Waals surface area contributed by atoms with Gasteiger partial charge in [0, 0.05) is 11.1 Å². The smallest absolute Gasteiger partial charge is 0.163 e. The Morgan fingerprint density at radius 3 is 1.73 bits per heavy atom. The number of hydrogen-bond donors (Lipinski definition) is 0. The van der Waals surface area contributed by atoms with Crippen molar-refractivity contribution in [1.82, 2.24) is 15.0 Å². The molecule has 4 nitrogen and oxygen atoms in total. The summed E-state index contributed by atoms with van der Waals surface area (Å²) in [6.45, 7) is 3.90. The Morgan fingerprint density at radius 1 is 0.727 bits per heavy atom. The summed E-state index contributed by atoms with van der Waals surface area (Å²) in [5.41, 5.74) is 3.65. The standard InChI is InChI=1S/C18H14N4/c1-12-3-7-15(8-4-12)17-20-13(2)21-18(22-17)16-9-5-14(11-19)6-10-16/h3-10H,1-2H3. The van der Waals surface area contributed by atoms with Crippen LogP contribution in [-0.4, -0.2) is 15.0 Å². The molecule has 0 radical (unpaired) electrons. The molecule has 3 aromatic rings. The van der Waals surface area contributed by atoms with Crippen LogP contribution in [0.5, 0.6) is 0 Å². The summed E-state index contributed by atoms with van der Waals surface area (Å²) in [5, 5.41) is 8.87. The maximum atomic E-state index is 8.87. The van der Waals surface area contributed by atoms with E-state index >= 15 is 0 Å². The average Bonchev–Trinajstić information content (AvgIpc) is 2.55. The van der Waals surface area contributed by atoms with Gasteiger partial charge in [0.1, 0.15) is 5.82 Å². The van der Waals surface area contributed by atoms with Crippen LogP contribution < -0.4 is 0 Å². The van der Waals surface area contributed by atoms with Crippen molar-refractivity contribution < 1.29 is 0 Å². The molecule has 2 aromatic carbocycles. The molecule has 22 heavy (non-hydrogen) atoms. The molecule has 1 aromatic heterocycles. The number of nitrogens with zero attached hydrogens (tertiary/aromatic N) is 4. The van der Waals surface area contributed by atoms with Crippen molar-refractivity contribution in [3.05, 3.63) is 65.5 Å².